The molecule has 0 amide bonds. The Balaban J connectivity index is 0.00000176. The minimum absolute atomic E-state index is 0. The molecule has 116 valence electrons. The summed E-state index contributed by atoms with van der Waals surface area (Å²) in [6, 6.07) is 18.2. The van der Waals surface area contributed by atoms with Crippen LogP contribution < -0.4 is 5.69 Å². The van der Waals surface area contributed by atoms with Gasteiger partial charge >= 0.3 is 5.69 Å². The molecule has 0 bridgehead atoms. The van der Waals surface area contributed by atoms with Crippen molar-refractivity contribution in [1.82, 2.24) is 14.5 Å². The monoisotopic (exact) mass is 317 g/mol. The van der Waals surface area contributed by atoms with Crippen LogP contribution in [0.25, 0.3) is 11.0 Å². The van der Waals surface area contributed by atoms with Crippen LogP contribution in [0.15, 0.2) is 59.4 Å². The zero-order chi connectivity index (χ0) is 14.7. The number of imidazole rings is 1. The molecule has 3 aromatic rings. The molecule has 0 atom stereocenters. The van der Waals surface area contributed by atoms with E-state index >= 15 is 0 Å². The summed E-state index contributed by atoms with van der Waals surface area (Å²) >= 11 is 0. The predicted molar refractivity (Wildman–Crippen MR) is 92.6 cm³/mol. The Hall–Kier alpha value is -2.04. The molecule has 3 rings (SSSR count). The second-order valence-corrected chi connectivity index (χ2v) is 5.32. The second-order valence-electron chi connectivity index (χ2n) is 5.32. The van der Waals surface area contributed by atoms with E-state index in [1.165, 1.54) is 5.56 Å². The van der Waals surface area contributed by atoms with Crippen LogP contribution in [0, 0.1) is 0 Å². The highest BCUT2D eigenvalue weighted by atomic mass is 35.5. The van der Waals surface area contributed by atoms with E-state index < -0.39 is 0 Å². The maximum absolute atomic E-state index is 12.0. The number of hydrogen-bond donors (Lipinski definition) is 1. The quantitative estimate of drug-likeness (QED) is 0.786. The Morgan fingerprint density at radius 1 is 1.05 bits per heavy atom. The van der Waals surface area contributed by atoms with E-state index in [4.69, 9.17) is 0 Å². The van der Waals surface area contributed by atoms with Gasteiger partial charge in [-0.1, -0.05) is 42.5 Å². The lowest BCUT2D eigenvalue weighted by Gasteiger charge is -2.17. The maximum Gasteiger partial charge on any atom is 0.326 e. The van der Waals surface area contributed by atoms with Gasteiger partial charge in [0.25, 0.3) is 0 Å². The van der Waals surface area contributed by atoms with Crippen molar-refractivity contribution in [2.45, 2.75) is 13.1 Å². The molecular formula is C17H20ClN3O. The molecule has 1 heterocycles. The molecule has 0 spiro atoms. The number of fused-ring (bicyclic) bond motifs is 1. The van der Waals surface area contributed by atoms with E-state index in [0.29, 0.717) is 6.54 Å². The summed E-state index contributed by atoms with van der Waals surface area (Å²) in [5, 5.41) is 0. The lowest BCUT2D eigenvalue weighted by molar-refractivity contribution is 0.311. The summed E-state index contributed by atoms with van der Waals surface area (Å²) in [6.07, 6.45) is 0. The predicted octanol–water partition coefficient (Wildman–Crippen LogP) is 2.88. The number of aromatic nitrogens is 2. The van der Waals surface area contributed by atoms with Crippen molar-refractivity contribution in [2.75, 3.05) is 13.6 Å². The van der Waals surface area contributed by atoms with Gasteiger partial charge in [0.1, 0.15) is 0 Å². The Labute approximate surface area is 135 Å². The molecule has 0 radical (unpaired) electrons. The van der Waals surface area contributed by atoms with Gasteiger partial charge in [-0.2, -0.15) is 0 Å². The third-order valence-corrected chi connectivity index (χ3v) is 3.68. The number of aromatic amines is 1. The number of nitrogens with zero attached hydrogens (tertiary/aromatic N) is 2. The van der Waals surface area contributed by atoms with Gasteiger partial charge in [0.2, 0.25) is 0 Å². The Morgan fingerprint density at radius 2 is 1.73 bits per heavy atom. The van der Waals surface area contributed by atoms with E-state index in [-0.39, 0.29) is 18.1 Å². The molecule has 4 nitrogen and oxygen atoms in total. The fraction of sp³-hybridized carbons (Fsp3) is 0.235. The minimum Gasteiger partial charge on any atom is -0.306 e. The number of para-hydroxylation sites is 2. The van der Waals surface area contributed by atoms with Crippen LogP contribution >= 0.6 is 12.4 Å². The number of nitrogens with one attached hydrogen (secondary N) is 1. The first-order valence-corrected chi connectivity index (χ1v) is 7.14. The third-order valence-electron chi connectivity index (χ3n) is 3.68. The largest absolute Gasteiger partial charge is 0.326 e. The van der Waals surface area contributed by atoms with Gasteiger partial charge in [0.05, 0.1) is 11.0 Å². The summed E-state index contributed by atoms with van der Waals surface area (Å²) < 4.78 is 1.80. The van der Waals surface area contributed by atoms with Crippen LogP contribution in [-0.2, 0) is 13.1 Å². The zero-order valence-corrected chi connectivity index (χ0v) is 13.3. The zero-order valence-electron chi connectivity index (χ0n) is 12.5. The summed E-state index contributed by atoms with van der Waals surface area (Å²) in [5.74, 6) is 0. The number of benzene rings is 2. The molecule has 0 aliphatic heterocycles. The van der Waals surface area contributed by atoms with E-state index in [0.717, 1.165) is 24.1 Å². The fourth-order valence-corrected chi connectivity index (χ4v) is 2.57. The highest BCUT2D eigenvalue weighted by Gasteiger charge is 2.07. The van der Waals surface area contributed by atoms with Gasteiger partial charge < -0.3 is 9.88 Å². The Bertz CT molecular complexity index is 779. The molecule has 0 saturated heterocycles. The lowest BCUT2D eigenvalue weighted by Crippen LogP contribution is -2.27. The smallest absolute Gasteiger partial charge is 0.306 e. The molecule has 22 heavy (non-hydrogen) atoms. The van der Waals surface area contributed by atoms with Gasteiger partial charge in [-0.15, -0.1) is 12.4 Å². The van der Waals surface area contributed by atoms with Crippen LogP contribution in [0.4, 0.5) is 0 Å². The molecule has 0 aliphatic carbocycles. The molecule has 2 aromatic carbocycles. The molecule has 0 saturated carbocycles. The van der Waals surface area contributed by atoms with Crippen LogP contribution in [0.1, 0.15) is 5.56 Å². The average molecular weight is 318 g/mol. The van der Waals surface area contributed by atoms with Crippen molar-refractivity contribution >= 4 is 23.4 Å². The van der Waals surface area contributed by atoms with E-state index in [1.807, 2.05) is 42.5 Å². The maximum atomic E-state index is 12.0. The topological polar surface area (TPSA) is 41.0 Å². The first kappa shape index (κ1) is 16.3. The standard InChI is InChI=1S/C17H19N3O.ClH/c1-19(13-14-7-3-2-4-8-14)11-12-20-16-10-6-5-9-15(16)18-17(20)21;/h2-10H,11-13H2,1H3,(H,18,21);1H. The highest BCUT2D eigenvalue weighted by molar-refractivity contribution is 5.85. The average Bonchev–Trinajstić information content (AvgIpc) is 2.81. The summed E-state index contributed by atoms with van der Waals surface area (Å²) in [4.78, 5) is 17.1. The first-order valence-electron chi connectivity index (χ1n) is 7.14. The molecule has 1 N–H and O–H groups in total. The van der Waals surface area contributed by atoms with Crippen molar-refractivity contribution in [1.29, 1.82) is 0 Å². The number of hydrogen-bond acceptors (Lipinski definition) is 2. The normalized spacial score (nSPS) is 10.8. The van der Waals surface area contributed by atoms with Gasteiger partial charge in [-0.05, 0) is 24.7 Å². The first-order chi connectivity index (χ1) is 10.2. The van der Waals surface area contributed by atoms with Crippen LogP contribution in [0.2, 0.25) is 0 Å². The molecular weight excluding hydrogens is 298 g/mol. The van der Waals surface area contributed by atoms with E-state index in [2.05, 4.69) is 29.1 Å². The Kier molecular flexibility index (Phi) is 5.41. The number of halogens is 1. The molecule has 0 fully saturated rings. The lowest BCUT2D eigenvalue weighted by atomic mass is 10.2. The third kappa shape index (κ3) is 3.59. The van der Waals surface area contributed by atoms with Gasteiger partial charge in [-0.3, -0.25) is 4.57 Å². The molecule has 5 heteroatoms. The number of likely N-dealkylation sites (N-methyl/N-ethyl adjacent to an activating group) is 1. The van der Waals surface area contributed by atoms with Crippen molar-refractivity contribution in [2.24, 2.45) is 0 Å². The van der Waals surface area contributed by atoms with Crippen LogP contribution in [-0.4, -0.2) is 28.0 Å². The number of rotatable bonds is 5. The van der Waals surface area contributed by atoms with Gasteiger partial charge in [-0.25, -0.2) is 4.79 Å². The van der Waals surface area contributed by atoms with Crippen molar-refractivity contribution < 1.29 is 0 Å². The minimum atomic E-state index is -0.0377. The summed E-state index contributed by atoms with van der Waals surface area (Å²) in [5.41, 5.74) is 3.11. The summed E-state index contributed by atoms with van der Waals surface area (Å²) in [7, 11) is 2.08. The SMILES string of the molecule is CN(CCn1c(=O)[nH]c2ccccc21)Cc1ccccc1.Cl. The van der Waals surface area contributed by atoms with Crippen LogP contribution in [0.3, 0.4) is 0 Å². The molecule has 0 unspecified atom stereocenters. The van der Waals surface area contributed by atoms with Crippen LogP contribution in [0.5, 0.6) is 0 Å². The van der Waals surface area contributed by atoms with Crippen molar-refractivity contribution in [3.8, 4) is 0 Å². The summed E-state index contributed by atoms with van der Waals surface area (Å²) in [6.45, 7) is 2.40. The van der Waals surface area contributed by atoms with E-state index in [1.54, 1.807) is 4.57 Å². The Morgan fingerprint density at radius 3 is 2.50 bits per heavy atom. The van der Waals surface area contributed by atoms with Gasteiger partial charge in [0, 0.05) is 19.6 Å². The molecule has 1 aromatic heterocycles. The number of H-pyrrole nitrogens is 1. The fourth-order valence-electron chi connectivity index (χ4n) is 2.57. The van der Waals surface area contributed by atoms with Crippen molar-refractivity contribution in [3.63, 3.8) is 0 Å². The van der Waals surface area contributed by atoms with Crippen molar-refractivity contribution in [3.05, 3.63) is 70.6 Å². The molecule has 0 aliphatic rings. The second kappa shape index (κ2) is 7.29. The van der Waals surface area contributed by atoms with Gasteiger partial charge in [0.15, 0.2) is 0 Å². The highest BCUT2D eigenvalue weighted by Crippen LogP contribution is 2.09. The van der Waals surface area contributed by atoms with E-state index in [9.17, 15) is 4.79 Å².